The largest absolute Gasteiger partial charge is 0.337 e. The molecule has 0 radical (unpaired) electrons. The van der Waals surface area contributed by atoms with Crippen LogP contribution in [0, 0.1) is 17.1 Å². The predicted molar refractivity (Wildman–Crippen MR) is 104 cm³/mol. The Morgan fingerprint density at radius 1 is 1.37 bits per heavy atom. The van der Waals surface area contributed by atoms with Crippen molar-refractivity contribution in [2.45, 2.75) is 54.2 Å². The standard InChI is InChI=1S/C18H20FN5OS2/c1-12(15(25)22-18(11-20)8-3-2-4-9-18)26-17-24-23-16(27-17)21-14-7-5-6-13(19)10-14/h5-7,10,12H,2-4,8-9H2,1H3,(H,21,23)(H,22,25)/t12-/m0/s1. The average Bonchev–Trinajstić information content (AvgIpc) is 3.09. The van der Waals surface area contributed by atoms with Gasteiger partial charge in [0, 0.05) is 5.69 Å². The van der Waals surface area contributed by atoms with E-state index in [4.69, 9.17) is 0 Å². The molecule has 142 valence electrons. The normalized spacial score (nSPS) is 16.9. The number of hydrogen-bond donors (Lipinski definition) is 2. The summed E-state index contributed by atoms with van der Waals surface area (Å²) in [7, 11) is 0. The summed E-state index contributed by atoms with van der Waals surface area (Å²) in [6.45, 7) is 1.79. The van der Waals surface area contributed by atoms with Crippen LogP contribution in [-0.4, -0.2) is 26.9 Å². The van der Waals surface area contributed by atoms with Gasteiger partial charge in [0.05, 0.1) is 11.3 Å². The van der Waals surface area contributed by atoms with Gasteiger partial charge in [0.25, 0.3) is 0 Å². The van der Waals surface area contributed by atoms with Crippen LogP contribution in [0.15, 0.2) is 28.6 Å². The molecule has 27 heavy (non-hydrogen) atoms. The molecule has 3 rings (SSSR count). The van der Waals surface area contributed by atoms with E-state index in [1.54, 1.807) is 19.1 Å². The summed E-state index contributed by atoms with van der Waals surface area (Å²) in [6, 6.07) is 8.38. The minimum atomic E-state index is -0.741. The third-order valence-corrected chi connectivity index (χ3v) is 6.44. The number of hydrogen-bond acceptors (Lipinski definition) is 7. The maximum Gasteiger partial charge on any atom is 0.234 e. The number of anilines is 2. The van der Waals surface area contributed by atoms with E-state index in [1.807, 2.05) is 0 Å². The van der Waals surface area contributed by atoms with Crippen molar-refractivity contribution >= 4 is 39.8 Å². The number of amides is 1. The molecule has 1 aliphatic rings. The molecular weight excluding hydrogens is 385 g/mol. The first kappa shape index (κ1) is 19.6. The molecule has 1 aliphatic carbocycles. The summed E-state index contributed by atoms with van der Waals surface area (Å²) < 4.78 is 13.9. The van der Waals surface area contributed by atoms with Gasteiger partial charge in [0.15, 0.2) is 4.34 Å². The fourth-order valence-corrected chi connectivity index (χ4v) is 4.88. The predicted octanol–water partition coefficient (Wildman–Crippen LogP) is 4.24. The third-order valence-electron chi connectivity index (χ3n) is 4.41. The molecule has 1 amide bonds. The molecule has 2 aromatic rings. The first-order valence-electron chi connectivity index (χ1n) is 8.76. The van der Waals surface area contributed by atoms with Gasteiger partial charge in [-0.1, -0.05) is 48.4 Å². The van der Waals surface area contributed by atoms with Crippen molar-refractivity contribution in [3.05, 3.63) is 30.1 Å². The van der Waals surface area contributed by atoms with Crippen LogP contribution in [0.4, 0.5) is 15.2 Å². The number of nitrogens with one attached hydrogen (secondary N) is 2. The second kappa shape index (κ2) is 8.67. The summed E-state index contributed by atoms with van der Waals surface area (Å²) in [5, 5.41) is 23.7. The topological polar surface area (TPSA) is 90.7 Å². The number of carbonyl (C=O) groups is 1. The molecular formula is C18H20FN5OS2. The molecule has 6 nitrogen and oxygen atoms in total. The number of nitriles is 1. The molecule has 0 unspecified atom stereocenters. The lowest BCUT2D eigenvalue weighted by Gasteiger charge is -2.32. The number of carbonyl (C=O) groups excluding carboxylic acids is 1. The van der Waals surface area contributed by atoms with Crippen molar-refractivity contribution in [2.75, 3.05) is 5.32 Å². The monoisotopic (exact) mass is 405 g/mol. The highest BCUT2D eigenvalue weighted by Gasteiger charge is 2.35. The molecule has 1 saturated carbocycles. The van der Waals surface area contributed by atoms with Gasteiger partial charge in [-0.3, -0.25) is 4.79 Å². The Labute approximate surface area is 165 Å². The van der Waals surface area contributed by atoms with Crippen molar-refractivity contribution in [1.82, 2.24) is 15.5 Å². The SMILES string of the molecule is C[C@H](Sc1nnc(Nc2cccc(F)c2)s1)C(=O)NC1(C#N)CCCCC1. The van der Waals surface area contributed by atoms with Crippen LogP contribution in [0.2, 0.25) is 0 Å². The lowest BCUT2D eigenvalue weighted by atomic mass is 9.83. The second-order valence-corrected chi connectivity index (χ2v) is 9.08. The van der Waals surface area contributed by atoms with Crippen LogP contribution in [0.5, 0.6) is 0 Å². The Kier molecular flexibility index (Phi) is 6.29. The van der Waals surface area contributed by atoms with Crippen LogP contribution in [0.25, 0.3) is 0 Å². The Morgan fingerprint density at radius 3 is 2.85 bits per heavy atom. The van der Waals surface area contributed by atoms with E-state index in [2.05, 4.69) is 26.9 Å². The van der Waals surface area contributed by atoms with Gasteiger partial charge in [0.2, 0.25) is 11.0 Å². The average molecular weight is 406 g/mol. The minimum absolute atomic E-state index is 0.168. The third kappa shape index (κ3) is 5.17. The maximum atomic E-state index is 13.2. The molecule has 2 N–H and O–H groups in total. The molecule has 1 aromatic carbocycles. The smallest absolute Gasteiger partial charge is 0.234 e. The van der Waals surface area contributed by atoms with Crippen LogP contribution >= 0.6 is 23.1 Å². The summed E-state index contributed by atoms with van der Waals surface area (Å²) in [4.78, 5) is 12.5. The van der Waals surface area contributed by atoms with E-state index >= 15 is 0 Å². The Morgan fingerprint density at radius 2 is 2.15 bits per heavy atom. The second-order valence-electron chi connectivity index (χ2n) is 6.51. The van der Waals surface area contributed by atoms with Crippen LogP contribution in [0.1, 0.15) is 39.0 Å². The Bertz CT molecular complexity index is 844. The van der Waals surface area contributed by atoms with E-state index in [-0.39, 0.29) is 11.7 Å². The zero-order valence-corrected chi connectivity index (χ0v) is 16.5. The summed E-state index contributed by atoms with van der Waals surface area (Å²) in [5.74, 6) is -0.503. The van der Waals surface area contributed by atoms with E-state index < -0.39 is 10.8 Å². The molecule has 0 aliphatic heterocycles. The maximum absolute atomic E-state index is 13.2. The van der Waals surface area contributed by atoms with Gasteiger partial charge >= 0.3 is 0 Å². The van der Waals surface area contributed by atoms with Gasteiger partial charge in [-0.25, -0.2) is 4.39 Å². The van der Waals surface area contributed by atoms with Crippen LogP contribution in [0.3, 0.4) is 0 Å². The summed E-state index contributed by atoms with van der Waals surface area (Å²) in [6.07, 6.45) is 4.43. The van der Waals surface area contributed by atoms with Gasteiger partial charge in [-0.05, 0) is 38.0 Å². The number of benzene rings is 1. The van der Waals surface area contributed by atoms with Gasteiger partial charge < -0.3 is 10.6 Å². The lowest BCUT2D eigenvalue weighted by Crippen LogP contribution is -2.50. The molecule has 1 heterocycles. The molecule has 0 saturated heterocycles. The highest BCUT2D eigenvalue weighted by atomic mass is 32.2. The van der Waals surface area contributed by atoms with Gasteiger partial charge in [-0.2, -0.15) is 5.26 Å². The van der Waals surface area contributed by atoms with Crippen molar-refractivity contribution in [2.24, 2.45) is 0 Å². The highest BCUT2D eigenvalue weighted by molar-refractivity contribution is 8.02. The highest BCUT2D eigenvalue weighted by Crippen LogP contribution is 2.32. The van der Waals surface area contributed by atoms with Gasteiger partial charge in [-0.15, -0.1) is 10.2 Å². The summed E-state index contributed by atoms with van der Waals surface area (Å²) >= 11 is 2.59. The first-order chi connectivity index (χ1) is 13.0. The number of rotatable bonds is 6. The van der Waals surface area contributed by atoms with E-state index in [9.17, 15) is 14.4 Å². The quantitative estimate of drug-likeness (QED) is 0.699. The van der Waals surface area contributed by atoms with Crippen molar-refractivity contribution in [1.29, 1.82) is 5.26 Å². The van der Waals surface area contributed by atoms with Crippen molar-refractivity contribution < 1.29 is 9.18 Å². The molecule has 0 spiro atoms. The van der Waals surface area contributed by atoms with Crippen LogP contribution in [-0.2, 0) is 4.79 Å². The Balaban J connectivity index is 1.57. The molecule has 1 atom stereocenters. The number of halogens is 1. The first-order valence-corrected chi connectivity index (χ1v) is 10.5. The molecule has 1 aromatic heterocycles. The number of nitrogens with zero attached hydrogens (tertiary/aromatic N) is 3. The van der Waals surface area contributed by atoms with E-state index in [0.717, 1.165) is 19.3 Å². The fraction of sp³-hybridized carbons (Fsp3) is 0.444. The molecule has 0 bridgehead atoms. The van der Waals surface area contributed by atoms with Gasteiger partial charge in [0.1, 0.15) is 11.4 Å². The summed E-state index contributed by atoms with van der Waals surface area (Å²) in [5.41, 5.74) is -0.156. The van der Waals surface area contributed by atoms with Crippen LogP contribution < -0.4 is 10.6 Å². The van der Waals surface area contributed by atoms with Crippen molar-refractivity contribution in [3.8, 4) is 6.07 Å². The van der Waals surface area contributed by atoms with Crippen molar-refractivity contribution in [3.63, 3.8) is 0 Å². The minimum Gasteiger partial charge on any atom is -0.337 e. The zero-order chi connectivity index (χ0) is 19.3. The number of thioether (sulfide) groups is 1. The van der Waals surface area contributed by atoms with E-state index in [1.165, 1.54) is 35.2 Å². The Hall–Kier alpha value is -2.18. The molecule has 9 heteroatoms. The fourth-order valence-electron chi connectivity index (χ4n) is 2.96. The number of aromatic nitrogens is 2. The zero-order valence-electron chi connectivity index (χ0n) is 14.9. The molecule has 1 fully saturated rings. The van der Waals surface area contributed by atoms with E-state index in [0.29, 0.717) is 28.0 Å². The lowest BCUT2D eigenvalue weighted by molar-refractivity contribution is -0.121.